The summed E-state index contributed by atoms with van der Waals surface area (Å²) >= 11 is 6.00. The van der Waals surface area contributed by atoms with E-state index in [4.69, 9.17) is 11.6 Å². The van der Waals surface area contributed by atoms with Crippen molar-refractivity contribution < 1.29 is 4.79 Å². The molecule has 0 aliphatic carbocycles. The second kappa shape index (κ2) is 7.77. The number of fused-ring (bicyclic) bond motifs is 1. The van der Waals surface area contributed by atoms with Crippen molar-refractivity contribution in [3.8, 4) is 0 Å². The maximum Gasteiger partial charge on any atom is 0.247 e. The molecule has 0 atom stereocenters. The van der Waals surface area contributed by atoms with Gasteiger partial charge in [0.1, 0.15) is 12.1 Å². The quantitative estimate of drug-likeness (QED) is 0.668. The zero-order chi connectivity index (χ0) is 16.2. The Morgan fingerprint density at radius 1 is 1.12 bits per heavy atom. The highest BCUT2D eigenvalue weighted by atomic mass is 35.5. The summed E-state index contributed by atoms with van der Waals surface area (Å²) in [6.07, 6.45) is 2.70. The first-order valence-electron chi connectivity index (χ1n) is 6.86. The summed E-state index contributed by atoms with van der Waals surface area (Å²) in [5.41, 5.74) is 2.23. The van der Waals surface area contributed by atoms with Crippen molar-refractivity contribution in [3.63, 3.8) is 0 Å². The standard InChI is InChI=1S/C17H13ClN4O.ClH/c1-2-16(23)21-13-6-7-15-14(9-13)17(20-10-19-15)22-12-5-3-4-11(18)8-12;/h2-10H,1H2,(H,21,23)(H,19,20,22);1H. The van der Waals surface area contributed by atoms with Gasteiger partial charge in [-0.05, 0) is 42.5 Å². The smallest absolute Gasteiger partial charge is 0.247 e. The predicted molar refractivity (Wildman–Crippen MR) is 100 cm³/mol. The topological polar surface area (TPSA) is 66.9 Å². The maximum atomic E-state index is 11.4. The van der Waals surface area contributed by atoms with Crippen LogP contribution in [-0.2, 0) is 4.79 Å². The molecule has 1 aromatic heterocycles. The zero-order valence-electron chi connectivity index (χ0n) is 12.5. The average molecular weight is 361 g/mol. The Hall–Kier alpha value is -2.63. The molecule has 0 radical (unpaired) electrons. The van der Waals surface area contributed by atoms with Crippen molar-refractivity contribution in [2.24, 2.45) is 0 Å². The largest absolute Gasteiger partial charge is 0.340 e. The monoisotopic (exact) mass is 360 g/mol. The summed E-state index contributed by atoms with van der Waals surface area (Å²) < 4.78 is 0. The van der Waals surface area contributed by atoms with E-state index in [9.17, 15) is 4.79 Å². The van der Waals surface area contributed by atoms with E-state index in [1.807, 2.05) is 24.3 Å². The second-order valence-corrected chi connectivity index (χ2v) is 5.22. The molecule has 7 heteroatoms. The molecule has 0 unspecified atom stereocenters. The lowest BCUT2D eigenvalue weighted by atomic mass is 10.2. The Balaban J connectivity index is 0.00000208. The molecule has 1 heterocycles. The van der Waals surface area contributed by atoms with E-state index in [1.165, 1.54) is 12.4 Å². The molecule has 0 fully saturated rings. The van der Waals surface area contributed by atoms with E-state index in [1.54, 1.807) is 18.2 Å². The summed E-state index contributed by atoms with van der Waals surface area (Å²) in [6.45, 7) is 3.44. The van der Waals surface area contributed by atoms with E-state index < -0.39 is 0 Å². The van der Waals surface area contributed by atoms with E-state index >= 15 is 0 Å². The minimum atomic E-state index is -0.273. The number of rotatable bonds is 4. The molecule has 0 spiro atoms. The molecule has 0 aliphatic rings. The van der Waals surface area contributed by atoms with E-state index in [0.29, 0.717) is 16.5 Å². The van der Waals surface area contributed by atoms with Crippen LogP contribution in [0.4, 0.5) is 17.2 Å². The molecule has 0 saturated heterocycles. The van der Waals surface area contributed by atoms with Crippen molar-refractivity contribution in [3.05, 3.63) is 66.5 Å². The molecule has 3 rings (SSSR count). The van der Waals surface area contributed by atoms with Gasteiger partial charge < -0.3 is 10.6 Å². The van der Waals surface area contributed by atoms with Gasteiger partial charge in [-0.3, -0.25) is 4.79 Å². The van der Waals surface area contributed by atoms with Crippen LogP contribution in [0.25, 0.3) is 10.9 Å². The van der Waals surface area contributed by atoms with Gasteiger partial charge in [0.25, 0.3) is 0 Å². The molecule has 1 amide bonds. The first-order valence-corrected chi connectivity index (χ1v) is 7.24. The minimum Gasteiger partial charge on any atom is -0.340 e. The first kappa shape index (κ1) is 17.7. The van der Waals surface area contributed by atoms with Crippen LogP contribution in [0, 0.1) is 0 Å². The minimum absolute atomic E-state index is 0. The molecule has 2 N–H and O–H groups in total. The van der Waals surface area contributed by atoms with Gasteiger partial charge in [0, 0.05) is 21.8 Å². The molecule has 0 bridgehead atoms. The fraction of sp³-hybridized carbons (Fsp3) is 0. The van der Waals surface area contributed by atoms with Gasteiger partial charge in [-0.15, -0.1) is 12.4 Å². The van der Waals surface area contributed by atoms with Gasteiger partial charge in [0.05, 0.1) is 5.52 Å². The second-order valence-electron chi connectivity index (χ2n) is 4.78. The van der Waals surface area contributed by atoms with Gasteiger partial charge in [-0.25, -0.2) is 9.97 Å². The Kier molecular flexibility index (Phi) is 5.73. The lowest BCUT2D eigenvalue weighted by molar-refractivity contribution is -0.111. The highest BCUT2D eigenvalue weighted by Crippen LogP contribution is 2.26. The third kappa shape index (κ3) is 4.01. The Bertz CT molecular complexity index is 899. The number of amides is 1. The third-order valence-corrected chi connectivity index (χ3v) is 3.41. The fourth-order valence-corrected chi connectivity index (χ4v) is 2.32. The third-order valence-electron chi connectivity index (χ3n) is 3.18. The van der Waals surface area contributed by atoms with Crippen LogP contribution < -0.4 is 10.6 Å². The van der Waals surface area contributed by atoms with Crippen molar-refractivity contribution in [2.45, 2.75) is 0 Å². The van der Waals surface area contributed by atoms with Crippen LogP contribution in [0.1, 0.15) is 0 Å². The summed E-state index contributed by atoms with van der Waals surface area (Å²) in [5.74, 6) is 0.359. The summed E-state index contributed by atoms with van der Waals surface area (Å²) in [7, 11) is 0. The summed E-state index contributed by atoms with van der Waals surface area (Å²) in [5, 5.41) is 7.35. The van der Waals surface area contributed by atoms with Crippen LogP contribution in [-0.4, -0.2) is 15.9 Å². The number of anilines is 3. The van der Waals surface area contributed by atoms with Gasteiger partial charge in [0.15, 0.2) is 0 Å². The number of nitrogens with one attached hydrogen (secondary N) is 2. The van der Waals surface area contributed by atoms with E-state index in [-0.39, 0.29) is 18.3 Å². The Morgan fingerprint density at radius 2 is 1.96 bits per heavy atom. The Morgan fingerprint density at radius 3 is 2.71 bits per heavy atom. The predicted octanol–water partition coefficient (Wildman–Crippen LogP) is 4.57. The van der Waals surface area contributed by atoms with Gasteiger partial charge >= 0.3 is 0 Å². The van der Waals surface area contributed by atoms with Crippen LogP contribution in [0.15, 0.2) is 61.4 Å². The summed E-state index contributed by atoms with van der Waals surface area (Å²) in [4.78, 5) is 19.9. The number of hydrogen-bond acceptors (Lipinski definition) is 4. The number of carbonyl (C=O) groups excluding carboxylic acids is 1. The van der Waals surface area contributed by atoms with E-state index in [2.05, 4.69) is 27.2 Å². The van der Waals surface area contributed by atoms with Crippen LogP contribution in [0.5, 0.6) is 0 Å². The van der Waals surface area contributed by atoms with Crippen molar-refractivity contribution >= 4 is 58.0 Å². The molecule has 24 heavy (non-hydrogen) atoms. The summed E-state index contributed by atoms with van der Waals surface area (Å²) in [6, 6.07) is 12.8. The molecule has 0 saturated carbocycles. The van der Waals surface area contributed by atoms with Gasteiger partial charge in [-0.2, -0.15) is 0 Å². The molecule has 122 valence electrons. The van der Waals surface area contributed by atoms with Gasteiger partial charge in [0.2, 0.25) is 5.91 Å². The van der Waals surface area contributed by atoms with E-state index in [0.717, 1.165) is 16.6 Å². The zero-order valence-corrected chi connectivity index (χ0v) is 14.1. The maximum absolute atomic E-state index is 11.4. The number of halogens is 2. The average Bonchev–Trinajstić information content (AvgIpc) is 2.55. The van der Waals surface area contributed by atoms with Gasteiger partial charge in [-0.1, -0.05) is 24.2 Å². The molecule has 0 aliphatic heterocycles. The normalized spacial score (nSPS) is 9.88. The van der Waals surface area contributed by atoms with Crippen LogP contribution >= 0.6 is 24.0 Å². The van der Waals surface area contributed by atoms with Crippen molar-refractivity contribution in [1.29, 1.82) is 0 Å². The lowest BCUT2D eigenvalue weighted by Gasteiger charge is -2.10. The molecule has 2 aromatic carbocycles. The number of hydrogen-bond donors (Lipinski definition) is 2. The lowest BCUT2D eigenvalue weighted by Crippen LogP contribution is -2.07. The Labute approximate surface area is 150 Å². The number of nitrogens with zero attached hydrogens (tertiary/aromatic N) is 2. The number of carbonyl (C=O) groups is 1. The molecule has 3 aromatic rings. The number of benzene rings is 2. The van der Waals surface area contributed by atoms with Crippen molar-refractivity contribution in [2.75, 3.05) is 10.6 Å². The highest BCUT2D eigenvalue weighted by Gasteiger charge is 2.07. The molecular weight excluding hydrogens is 347 g/mol. The fourth-order valence-electron chi connectivity index (χ4n) is 2.13. The molecule has 5 nitrogen and oxygen atoms in total. The highest BCUT2D eigenvalue weighted by molar-refractivity contribution is 6.30. The van der Waals surface area contributed by atoms with Crippen LogP contribution in [0.3, 0.4) is 0 Å². The molecular formula is C17H14Cl2N4O. The van der Waals surface area contributed by atoms with Crippen molar-refractivity contribution in [1.82, 2.24) is 9.97 Å². The van der Waals surface area contributed by atoms with Crippen LogP contribution in [0.2, 0.25) is 5.02 Å². The SMILES string of the molecule is C=CC(=O)Nc1ccc2ncnc(Nc3cccc(Cl)c3)c2c1.Cl. The number of aromatic nitrogens is 2. The first-order chi connectivity index (χ1) is 11.2.